The van der Waals surface area contributed by atoms with E-state index in [1.54, 1.807) is 0 Å². The Kier molecular flexibility index (Phi) is 4.16. The largest absolute Gasteiger partial charge is 0.391 e. The van der Waals surface area contributed by atoms with E-state index in [0.29, 0.717) is 5.92 Å². The predicted molar refractivity (Wildman–Crippen MR) is 76.9 cm³/mol. The van der Waals surface area contributed by atoms with Gasteiger partial charge in [0.15, 0.2) is 0 Å². The lowest BCUT2D eigenvalue weighted by Gasteiger charge is -2.36. The van der Waals surface area contributed by atoms with E-state index >= 15 is 0 Å². The molecule has 2 fully saturated rings. The molecule has 0 radical (unpaired) electrons. The number of β-amino-alcohol motifs (C(OH)–C–C–N with tert-alkyl or cyclic N) is 1. The molecule has 1 aromatic rings. The molecule has 104 valence electrons. The molecular weight excluding hydrogens is 236 g/mol. The van der Waals surface area contributed by atoms with Gasteiger partial charge in [0, 0.05) is 25.7 Å². The van der Waals surface area contributed by atoms with Crippen LogP contribution in [0, 0.1) is 5.92 Å². The summed E-state index contributed by atoms with van der Waals surface area (Å²) in [6.07, 6.45) is 3.57. The number of nitrogens with one attached hydrogen (secondary N) is 1. The fourth-order valence-corrected chi connectivity index (χ4v) is 2.87. The fraction of sp³-hybridized carbons (Fsp3) is 0.625. The van der Waals surface area contributed by atoms with Crippen molar-refractivity contribution in [3.05, 3.63) is 35.9 Å². The second-order valence-corrected chi connectivity index (χ2v) is 6.02. The van der Waals surface area contributed by atoms with E-state index in [1.807, 2.05) is 6.07 Å². The Morgan fingerprint density at radius 1 is 1.16 bits per heavy atom. The van der Waals surface area contributed by atoms with Gasteiger partial charge in [0.05, 0.1) is 6.10 Å². The summed E-state index contributed by atoms with van der Waals surface area (Å²) in [5, 5.41) is 13.8. The van der Waals surface area contributed by atoms with E-state index in [4.69, 9.17) is 0 Å². The van der Waals surface area contributed by atoms with E-state index in [0.717, 1.165) is 38.6 Å². The first-order valence-corrected chi connectivity index (χ1v) is 7.49. The Bertz CT molecular complexity index is 391. The SMILES string of the molecule is O[C@@H]1CN(Cc2ccccc2)CC[C@@H]1CNC1CC1. The maximum absolute atomic E-state index is 10.3. The van der Waals surface area contributed by atoms with E-state index in [1.165, 1.54) is 18.4 Å². The zero-order chi connectivity index (χ0) is 13.1. The Morgan fingerprint density at radius 3 is 2.63 bits per heavy atom. The van der Waals surface area contributed by atoms with Crippen molar-refractivity contribution in [1.82, 2.24) is 10.2 Å². The minimum Gasteiger partial charge on any atom is -0.391 e. The van der Waals surface area contributed by atoms with Crippen LogP contribution in [0.15, 0.2) is 30.3 Å². The molecule has 1 heterocycles. The first kappa shape index (κ1) is 13.1. The topological polar surface area (TPSA) is 35.5 Å². The summed E-state index contributed by atoms with van der Waals surface area (Å²) in [5.41, 5.74) is 1.34. The van der Waals surface area contributed by atoms with Crippen molar-refractivity contribution in [2.75, 3.05) is 19.6 Å². The molecule has 0 amide bonds. The molecule has 0 spiro atoms. The second kappa shape index (κ2) is 6.04. The van der Waals surface area contributed by atoms with Crippen LogP contribution in [0.1, 0.15) is 24.8 Å². The molecule has 1 saturated carbocycles. The summed E-state index contributed by atoms with van der Waals surface area (Å²) in [6.45, 7) is 3.86. The molecule has 3 heteroatoms. The molecule has 1 saturated heterocycles. The Morgan fingerprint density at radius 2 is 1.95 bits per heavy atom. The first-order chi connectivity index (χ1) is 9.31. The highest BCUT2D eigenvalue weighted by atomic mass is 16.3. The molecule has 3 rings (SSSR count). The van der Waals surface area contributed by atoms with Crippen molar-refractivity contribution in [3.63, 3.8) is 0 Å². The normalized spacial score (nSPS) is 28.5. The monoisotopic (exact) mass is 260 g/mol. The van der Waals surface area contributed by atoms with Crippen LogP contribution < -0.4 is 5.32 Å². The van der Waals surface area contributed by atoms with Gasteiger partial charge < -0.3 is 10.4 Å². The second-order valence-electron chi connectivity index (χ2n) is 6.02. The van der Waals surface area contributed by atoms with E-state index in [2.05, 4.69) is 34.5 Å². The number of hydrogen-bond acceptors (Lipinski definition) is 3. The molecular formula is C16H24N2O. The van der Waals surface area contributed by atoms with Crippen molar-refractivity contribution >= 4 is 0 Å². The van der Waals surface area contributed by atoms with Gasteiger partial charge in [-0.3, -0.25) is 4.90 Å². The predicted octanol–water partition coefficient (Wildman–Crippen LogP) is 1.62. The van der Waals surface area contributed by atoms with Crippen LogP contribution in [0.25, 0.3) is 0 Å². The highest BCUT2D eigenvalue weighted by Gasteiger charge is 2.29. The highest BCUT2D eigenvalue weighted by molar-refractivity contribution is 5.14. The molecule has 1 aromatic carbocycles. The minimum absolute atomic E-state index is 0.177. The quantitative estimate of drug-likeness (QED) is 0.844. The molecule has 0 bridgehead atoms. The molecule has 2 N–H and O–H groups in total. The van der Waals surface area contributed by atoms with Crippen molar-refractivity contribution in [2.45, 2.75) is 38.0 Å². The van der Waals surface area contributed by atoms with Crippen molar-refractivity contribution in [3.8, 4) is 0 Å². The number of hydrogen-bond donors (Lipinski definition) is 2. The molecule has 0 unspecified atom stereocenters. The zero-order valence-corrected chi connectivity index (χ0v) is 11.5. The summed E-state index contributed by atoms with van der Waals surface area (Å²) >= 11 is 0. The Balaban J connectivity index is 1.46. The van der Waals surface area contributed by atoms with Crippen LogP contribution in [0.2, 0.25) is 0 Å². The van der Waals surface area contributed by atoms with Gasteiger partial charge in [-0.15, -0.1) is 0 Å². The maximum atomic E-state index is 10.3. The van der Waals surface area contributed by atoms with Gasteiger partial charge in [0.2, 0.25) is 0 Å². The van der Waals surface area contributed by atoms with Crippen LogP contribution in [0.3, 0.4) is 0 Å². The van der Waals surface area contributed by atoms with Gasteiger partial charge in [-0.2, -0.15) is 0 Å². The highest BCUT2D eigenvalue weighted by Crippen LogP contribution is 2.22. The number of aliphatic hydroxyl groups excluding tert-OH is 1. The van der Waals surface area contributed by atoms with Crippen LogP contribution in [0.5, 0.6) is 0 Å². The van der Waals surface area contributed by atoms with Gasteiger partial charge in [-0.1, -0.05) is 30.3 Å². The van der Waals surface area contributed by atoms with Crippen LogP contribution in [0.4, 0.5) is 0 Å². The van der Waals surface area contributed by atoms with Crippen molar-refractivity contribution in [2.24, 2.45) is 5.92 Å². The molecule has 0 aromatic heterocycles. The van der Waals surface area contributed by atoms with Gasteiger partial charge in [0.25, 0.3) is 0 Å². The molecule has 2 aliphatic rings. The van der Waals surface area contributed by atoms with Gasteiger partial charge in [-0.25, -0.2) is 0 Å². The third-order valence-electron chi connectivity index (χ3n) is 4.30. The Hall–Kier alpha value is -0.900. The number of nitrogens with zero attached hydrogens (tertiary/aromatic N) is 1. The van der Waals surface area contributed by atoms with Crippen molar-refractivity contribution < 1.29 is 5.11 Å². The number of likely N-dealkylation sites (tertiary alicyclic amines) is 1. The number of piperidine rings is 1. The van der Waals surface area contributed by atoms with Crippen LogP contribution in [-0.2, 0) is 6.54 Å². The lowest BCUT2D eigenvalue weighted by Crippen LogP contribution is -2.46. The third kappa shape index (κ3) is 3.78. The van der Waals surface area contributed by atoms with E-state index < -0.39 is 0 Å². The number of aliphatic hydroxyl groups is 1. The molecule has 2 atom stereocenters. The summed E-state index contributed by atoms with van der Waals surface area (Å²) in [5.74, 6) is 0.438. The molecule has 3 nitrogen and oxygen atoms in total. The van der Waals surface area contributed by atoms with Gasteiger partial charge in [0.1, 0.15) is 0 Å². The molecule has 1 aliphatic heterocycles. The third-order valence-corrected chi connectivity index (χ3v) is 4.30. The van der Waals surface area contributed by atoms with Gasteiger partial charge >= 0.3 is 0 Å². The standard InChI is InChI=1S/C16H24N2O/c19-16-12-18(11-13-4-2-1-3-5-13)9-8-14(16)10-17-15-6-7-15/h1-5,14-17,19H,6-12H2/t14-,16-/m1/s1. The summed E-state index contributed by atoms with van der Waals surface area (Å²) in [4.78, 5) is 2.37. The van der Waals surface area contributed by atoms with E-state index in [9.17, 15) is 5.11 Å². The summed E-state index contributed by atoms with van der Waals surface area (Å²) in [6, 6.07) is 11.3. The average molecular weight is 260 g/mol. The zero-order valence-electron chi connectivity index (χ0n) is 11.5. The maximum Gasteiger partial charge on any atom is 0.0707 e. The lowest BCUT2D eigenvalue weighted by molar-refractivity contribution is 0.0188. The van der Waals surface area contributed by atoms with Crippen molar-refractivity contribution in [1.29, 1.82) is 0 Å². The van der Waals surface area contributed by atoms with E-state index in [-0.39, 0.29) is 6.10 Å². The van der Waals surface area contributed by atoms with Crippen LogP contribution in [-0.4, -0.2) is 41.8 Å². The number of benzene rings is 1. The van der Waals surface area contributed by atoms with Gasteiger partial charge in [-0.05, 0) is 37.3 Å². The summed E-state index contributed by atoms with van der Waals surface area (Å²) < 4.78 is 0. The molecule has 1 aliphatic carbocycles. The van der Waals surface area contributed by atoms with Crippen LogP contribution >= 0.6 is 0 Å². The molecule has 19 heavy (non-hydrogen) atoms. The fourth-order valence-electron chi connectivity index (χ4n) is 2.87. The first-order valence-electron chi connectivity index (χ1n) is 7.49. The smallest absolute Gasteiger partial charge is 0.0707 e. The Labute approximate surface area is 115 Å². The number of rotatable bonds is 5. The average Bonchev–Trinajstić information content (AvgIpc) is 3.23. The lowest BCUT2D eigenvalue weighted by atomic mass is 9.93. The minimum atomic E-state index is -0.177. The summed E-state index contributed by atoms with van der Waals surface area (Å²) in [7, 11) is 0.